The van der Waals surface area contributed by atoms with Crippen LogP contribution >= 0.6 is 22.9 Å². The van der Waals surface area contributed by atoms with Crippen molar-refractivity contribution in [1.29, 1.82) is 0 Å². The van der Waals surface area contributed by atoms with Crippen LogP contribution in [0.2, 0.25) is 0 Å². The van der Waals surface area contributed by atoms with E-state index in [9.17, 15) is 14.4 Å². The van der Waals surface area contributed by atoms with Gasteiger partial charge in [-0.05, 0) is 19.3 Å². The third kappa shape index (κ3) is 3.50. The molecule has 1 rings (SSSR count). The van der Waals surface area contributed by atoms with E-state index in [1.807, 2.05) is 32.9 Å². The summed E-state index contributed by atoms with van der Waals surface area (Å²) in [6.07, 6.45) is 2.09. The largest absolute Gasteiger partial charge is 0.386 e. The summed E-state index contributed by atoms with van der Waals surface area (Å²) in [4.78, 5) is 35.1. The molecule has 5 nitrogen and oxygen atoms in total. The first-order valence-electron chi connectivity index (χ1n) is 6.02. The van der Waals surface area contributed by atoms with Crippen molar-refractivity contribution in [2.75, 3.05) is 6.54 Å². The summed E-state index contributed by atoms with van der Waals surface area (Å²) in [5.41, 5.74) is -0.781. The molecule has 0 bridgehead atoms. The van der Waals surface area contributed by atoms with Gasteiger partial charge in [-0.1, -0.05) is 20.8 Å². The summed E-state index contributed by atoms with van der Waals surface area (Å²) in [7, 11) is 0. The first-order chi connectivity index (χ1) is 8.29. The summed E-state index contributed by atoms with van der Waals surface area (Å²) in [5, 5.41) is 0. The molecular weight excluding hydrogens is 349 g/mol. The predicted molar refractivity (Wildman–Crippen MR) is 73.9 cm³/mol. The van der Waals surface area contributed by atoms with Crippen LogP contribution in [0.1, 0.15) is 40.0 Å². The van der Waals surface area contributed by atoms with Gasteiger partial charge in [-0.3, -0.25) is 4.79 Å². The fourth-order valence-corrected chi connectivity index (χ4v) is 2.45. The SMILES string of the molecule is CCC(C)(C)C(=O)C(=O)OC(=O)C1CCCN1I. The second-order valence-corrected chi connectivity index (χ2v) is 6.30. The molecule has 1 unspecified atom stereocenters. The van der Waals surface area contributed by atoms with Gasteiger partial charge in [0.25, 0.3) is 0 Å². The van der Waals surface area contributed by atoms with Crippen molar-refractivity contribution < 1.29 is 19.1 Å². The Kier molecular flexibility index (Phi) is 5.27. The van der Waals surface area contributed by atoms with Crippen LogP contribution in [-0.4, -0.2) is 33.4 Å². The number of carbonyl (C=O) groups is 3. The Labute approximate surface area is 121 Å². The van der Waals surface area contributed by atoms with Gasteiger partial charge in [-0.2, -0.15) is 0 Å². The zero-order valence-corrected chi connectivity index (χ0v) is 13.0. The van der Waals surface area contributed by atoms with Crippen LogP contribution in [0.25, 0.3) is 0 Å². The second-order valence-electron chi connectivity index (χ2n) is 5.06. The molecule has 0 aromatic heterocycles. The number of hydrogen-bond acceptors (Lipinski definition) is 5. The number of hydrogen-bond donors (Lipinski definition) is 0. The van der Waals surface area contributed by atoms with Crippen LogP contribution in [0.5, 0.6) is 0 Å². The lowest BCUT2D eigenvalue weighted by molar-refractivity contribution is -0.168. The molecule has 1 fully saturated rings. The molecule has 102 valence electrons. The number of ketones is 1. The zero-order chi connectivity index (χ0) is 13.9. The van der Waals surface area contributed by atoms with Crippen molar-refractivity contribution in [2.45, 2.75) is 46.1 Å². The van der Waals surface area contributed by atoms with E-state index in [0.717, 1.165) is 13.0 Å². The smallest absolute Gasteiger partial charge is 0.382 e. The molecule has 1 aliphatic rings. The van der Waals surface area contributed by atoms with Gasteiger partial charge in [0.2, 0.25) is 5.78 Å². The maximum atomic E-state index is 11.8. The molecule has 1 aliphatic heterocycles. The molecule has 1 heterocycles. The van der Waals surface area contributed by atoms with Gasteiger partial charge in [0.05, 0.1) is 0 Å². The Morgan fingerprint density at radius 1 is 1.39 bits per heavy atom. The lowest BCUT2D eigenvalue weighted by Crippen LogP contribution is -2.38. The molecule has 0 saturated carbocycles. The molecule has 6 heteroatoms. The molecule has 0 aromatic carbocycles. The van der Waals surface area contributed by atoms with E-state index in [-0.39, 0.29) is 0 Å². The molecule has 18 heavy (non-hydrogen) atoms. The van der Waals surface area contributed by atoms with Gasteiger partial charge < -0.3 is 4.74 Å². The number of Topliss-reactive ketones (excluding diaryl/α,β-unsaturated/α-hetero) is 1. The molecule has 0 N–H and O–H groups in total. The molecule has 0 aliphatic carbocycles. The van der Waals surface area contributed by atoms with Gasteiger partial charge in [-0.25, -0.2) is 12.7 Å². The minimum absolute atomic E-state index is 0.410. The Balaban J connectivity index is 2.60. The van der Waals surface area contributed by atoms with Gasteiger partial charge in [0, 0.05) is 34.8 Å². The lowest BCUT2D eigenvalue weighted by atomic mass is 9.85. The molecule has 0 amide bonds. The monoisotopic (exact) mass is 367 g/mol. The summed E-state index contributed by atoms with van der Waals surface area (Å²) >= 11 is 2.03. The van der Waals surface area contributed by atoms with Crippen LogP contribution in [0.3, 0.4) is 0 Å². The maximum Gasteiger partial charge on any atom is 0.382 e. The average molecular weight is 367 g/mol. The zero-order valence-electron chi connectivity index (χ0n) is 10.9. The van der Waals surface area contributed by atoms with Crippen LogP contribution < -0.4 is 0 Å². The van der Waals surface area contributed by atoms with Crippen molar-refractivity contribution in [1.82, 2.24) is 3.11 Å². The molecular formula is C12H18INO4. The van der Waals surface area contributed by atoms with Crippen LogP contribution in [0.4, 0.5) is 0 Å². The van der Waals surface area contributed by atoms with Crippen molar-refractivity contribution in [3.05, 3.63) is 0 Å². The standard InChI is InChI=1S/C12H18INO4/c1-4-12(2,3)9(15)11(17)18-10(16)8-6-5-7-14(8)13/h8H,4-7H2,1-3H3. The van der Waals surface area contributed by atoms with E-state index in [2.05, 4.69) is 4.74 Å². The van der Waals surface area contributed by atoms with Crippen molar-refractivity contribution >= 4 is 40.6 Å². The van der Waals surface area contributed by atoms with E-state index in [0.29, 0.717) is 12.8 Å². The minimum atomic E-state index is -1.04. The second kappa shape index (κ2) is 6.10. The molecule has 1 saturated heterocycles. The highest BCUT2D eigenvalue weighted by atomic mass is 127. The van der Waals surface area contributed by atoms with Crippen molar-refractivity contribution in [3.8, 4) is 0 Å². The maximum absolute atomic E-state index is 11.8. The summed E-state index contributed by atoms with van der Waals surface area (Å²) in [6, 6.07) is -0.410. The third-order valence-electron chi connectivity index (χ3n) is 3.34. The number of esters is 2. The Morgan fingerprint density at radius 3 is 2.44 bits per heavy atom. The normalized spacial score (nSPS) is 20.8. The van der Waals surface area contributed by atoms with Crippen LogP contribution in [-0.2, 0) is 19.1 Å². The number of rotatable bonds is 4. The van der Waals surface area contributed by atoms with Gasteiger partial charge in [0.15, 0.2) is 0 Å². The summed E-state index contributed by atoms with van der Waals surface area (Å²) in [5.74, 6) is -2.30. The minimum Gasteiger partial charge on any atom is -0.386 e. The van der Waals surface area contributed by atoms with E-state index in [1.165, 1.54) is 0 Å². The van der Waals surface area contributed by atoms with Crippen LogP contribution in [0, 0.1) is 5.41 Å². The Bertz CT molecular complexity index is 367. The first-order valence-corrected chi connectivity index (χ1v) is 6.99. The first kappa shape index (κ1) is 15.6. The van der Waals surface area contributed by atoms with E-state index >= 15 is 0 Å². The number of nitrogens with zero attached hydrogens (tertiary/aromatic N) is 1. The Hall–Kier alpha value is -0.500. The van der Waals surface area contributed by atoms with Gasteiger partial charge >= 0.3 is 11.9 Å². The summed E-state index contributed by atoms with van der Waals surface area (Å²) in [6.45, 7) is 5.95. The molecule has 0 aromatic rings. The van der Waals surface area contributed by atoms with Crippen molar-refractivity contribution in [3.63, 3.8) is 0 Å². The van der Waals surface area contributed by atoms with Crippen molar-refractivity contribution in [2.24, 2.45) is 5.41 Å². The fourth-order valence-electron chi connectivity index (χ4n) is 1.61. The topological polar surface area (TPSA) is 63.7 Å². The fraction of sp³-hybridized carbons (Fsp3) is 0.750. The highest BCUT2D eigenvalue weighted by Crippen LogP contribution is 2.24. The average Bonchev–Trinajstić information content (AvgIpc) is 2.74. The highest BCUT2D eigenvalue weighted by molar-refractivity contribution is 14.1. The van der Waals surface area contributed by atoms with Gasteiger partial charge in [0.1, 0.15) is 6.04 Å². The number of carbonyl (C=O) groups excluding carboxylic acids is 3. The van der Waals surface area contributed by atoms with E-state index < -0.39 is 29.2 Å². The lowest BCUT2D eigenvalue weighted by Gasteiger charge is -2.20. The Morgan fingerprint density at radius 2 is 2.00 bits per heavy atom. The summed E-state index contributed by atoms with van der Waals surface area (Å²) < 4.78 is 6.49. The predicted octanol–water partition coefficient (Wildman–Crippen LogP) is 1.88. The molecule has 0 radical (unpaired) electrons. The molecule has 1 atom stereocenters. The van der Waals surface area contributed by atoms with Gasteiger partial charge in [-0.15, -0.1) is 0 Å². The van der Waals surface area contributed by atoms with E-state index in [4.69, 9.17) is 0 Å². The number of halogens is 1. The van der Waals surface area contributed by atoms with Crippen LogP contribution in [0.15, 0.2) is 0 Å². The number of ether oxygens (including phenoxy) is 1. The van der Waals surface area contributed by atoms with E-state index in [1.54, 1.807) is 13.8 Å². The third-order valence-corrected chi connectivity index (χ3v) is 4.49. The quantitative estimate of drug-likeness (QED) is 0.250. The highest BCUT2D eigenvalue weighted by Gasteiger charge is 2.37. The molecule has 0 spiro atoms.